The summed E-state index contributed by atoms with van der Waals surface area (Å²) in [6, 6.07) is 16.8. The second kappa shape index (κ2) is 6.67. The first kappa shape index (κ1) is 14.0. The molecule has 20 heavy (non-hydrogen) atoms. The monoisotopic (exact) mass is 261 g/mol. The number of aryl methyl sites for hydroxylation is 1. The molecule has 2 aromatic carbocycles. The highest BCUT2D eigenvalue weighted by molar-refractivity contribution is 6.09. The molecule has 2 rings (SSSR count). The van der Waals surface area contributed by atoms with Gasteiger partial charge in [0.05, 0.1) is 0 Å². The molecule has 0 amide bonds. The lowest BCUT2D eigenvalue weighted by molar-refractivity contribution is 1.46. The van der Waals surface area contributed by atoms with Crippen LogP contribution < -0.4 is 0 Å². The standard InChI is InChI=1S/C19H19N/c1-3-4-8-19(14-20)18-11-6-10-17(13-18)16-9-5-7-15(2)12-16/h3-14,20H,1-2H3/b4-3-,19-8+,20-14?. The van der Waals surface area contributed by atoms with Crippen molar-refractivity contribution in [3.05, 3.63) is 77.9 Å². The van der Waals surface area contributed by atoms with Crippen molar-refractivity contribution in [1.29, 1.82) is 5.41 Å². The summed E-state index contributed by atoms with van der Waals surface area (Å²) in [5.74, 6) is 0. The van der Waals surface area contributed by atoms with Crippen molar-refractivity contribution in [2.24, 2.45) is 0 Å². The van der Waals surface area contributed by atoms with E-state index in [2.05, 4.69) is 43.3 Å². The molecule has 0 radical (unpaired) electrons. The minimum absolute atomic E-state index is 0.914. The van der Waals surface area contributed by atoms with E-state index >= 15 is 0 Å². The van der Waals surface area contributed by atoms with Crippen LogP contribution >= 0.6 is 0 Å². The summed E-state index contributed by atoms with van der Waals surface area (Å²) >= 11 is 0. The molecule has 0 aliphatic heterocycles. The summed E-state index contributed by atoms with van der Waals surface area (Å²) in [7, 11) is 0. The van der Waals surface area contributed by atoms with Gasteiger partial charge in [0.15, 0.2) is 0 Å². The lowest BCUT2D eigenvalue weighted by Gasteiger charge is -2.06. The lowest BCUT2D eigenvalue weighted by Crippen LogP contribution is -1.87. The molecule has 0 saturated carbocycles. The topological polar surface area (TPSA) is 23.9 Å². The van der Waals surface area contributed by atoms with Gasteiger partial charge in [-0.25, -0.2) is 0 Å². The van der Waals surface area contributed by atoms with E-state index in [1.54, 1.807) is 0 Å². The first-order chi connectivity index (χ1) is 9.74. The first-order valence-electron chi connectivity index (χ1n) is 6.75. The summed E-state index contributed by atoms with van der Waals surface area (Å²) in [6.45, 7) is 4.07. The molecule has 1 nitrogen and oxygen atoms in total. The largest absolute Gasteiger partial charge is 0.308 e. The van der Waals surface area contributed by atoms with Gasteiger partial charge in [-0.15, -0.1) is 0 Å². The minimum Gasteiger partial charge on any atom is -0.308 e. The Kier molecular flexibility index (Phi) is 4.67. The van der Waals surface area contributed by atoms with Crippen LogP contribution in [0.3, 0.4) is 0 Å². The first-order valence-corrected chi connectivity index (χ1v) is 6.75. The highest BCUT2D eigenvalue weighted by Crippen LogP contribution is 2.24. The zero-order valence-corrected chi connectivity index (χ0v) is 11.9. The highest BCUT2D eigenvalue weighted by Gasteiger charge is 2.02. The van der Waals surface area contributed by atoms with Gasteiger partial charge < -0.3 is 5.41 Å². The SMILES string of the molecule is C/C=C\C=C(/C=N)c1cccc(-c2cccc(C)c2)c1. The molecule has 0 heterocycles. The average molecular weight is 261 g/mol. The van der Waals surface area contributed by atoms with E-state index in [1.807, 2.05) is 37.3 Å². The molecule has 0 spiro atoms. The van der Waals surface area contributed by atoms with Crippen LogP contribution in [-0.2, 0) is 0 Å². The quantitative estimate of drug-likeness (QED) is 0.572. The Morgan fingerprint density at radius 1 is 1.00 bits per heavy atom. The Morgan fingerprint density at radius 3 is 2.35 bits per heavy atom. The van der Waals surface area contributed by atoms with Crippen LogP contribution in [0.5, 0.6) is 0 Å². The zero-order chi connectivity index (χ0) is 14.4. The van der Waals surface area contributed by atoms with Gasteiger partial charge in [0, 0.05) is 6.21 Å². The summed E-state index contributed by atoms with van der Waals surface area (Å²) in [5, 5.41) is 7.56. The van der Waals surface area contributed by atoms with E-state index in [9.17, 15) is 0 Å². The molecule has 0 aliphatic rings. The maximum atomic E-state index is 7.56. The van der Waals surface area contributed by atoms with Crippen molar-refractivity contribution in [2.45, 2.75) is 13.8 Å². The number of allylic oxidation sites excluding steroid dienone is 4. The highest BCUT2D eigenvalue weighted by atomic mass is 14.3. The van der Waals surface area contributed by atoms with Gasteiger partial charge in [0.2, 0.25) is 0 Å². The van der Waals surface area contributed by atoms with Crippen molar-refractivity contribution in [2.75, 3.05) is 0 Å². The fourth-order valence-electron chi connectivity index (χ4n) is 2.13. The number of hydrogen-bond acceptors (Lipinski definition) is 1. The Hall–Kier alpha value is -2.41. The van der Waals surface area contributed by atoms with E-state index in [0.717, 1.165) is 11.1 Å². The molecule has 0 saturated heterocycles. The second-order valence-corrected chi connectivity index (χ2v) is 4.74. The van der Waals surface area contributed by atoms with Crippen molar-refractivity contribution < 1.29 is 0 Å². The van der Waals surface area contributed by atoms with E-state index in [-0.39, 0.29) is 0 Å². The Morgan fingerprint density at radius 2 is 1.70 bits per heavy atom. The lowest BCUT2D eigenvalue weighted by atomic mass is 9.98. The normalized spacial score (nSPS) is 11.8. The van der Waals surface area contributed by atoms with Gasteiger partial charge in [-0.1, -0.05) is 66.3 Å². The third-order valence-corrected chi connectivity index (χ3v) is 3.17. The molecular formula is C19H19N. The summed E-state index contributed by atoms with van der Waals surface area (Å²) in [5.41, 5.74) is 5.63. The van der Waals surface area contributed by atoms with Crippen molar-refractivity contribution in [1.82, 2.24) is 0 Å². The molecule has 0 atom stereocenters. The molecule has 0 aromatic heterocycles. The Labute approximate surface area is 120 Å². The molecule has 0 bridgehead atoms. The van der Waals surface area contributed by atoms with Gasteiger partial charge in [0.1, 0.15) is 0 Å². The van der Waals surface area contributed by atoms with Gasteiger partial charge >= 0.3 is 0 Å². The smallest absolute Gasteiger partial charge is 0.0256 e. The third-order valence-electron chi connectivity index (χ3n) is 3.17. The third kappa shape index (κ3) is 3.33. The van der Waals surface area contributed by atoms with Crippen LogP contribution in [0.15, 0.2) is 66.8 Å². The van der Waals surface area contributed by atoms with Gasteiger partial charge in [0.25, 0.3) is 0 Å². The molecule has 1 N–H and O–H groups in total. The minimum atomic E-state index is 0.914. The van der Waals surface area contributed by atoms with E-state index in [0.29, 0.717) is 0 Å². The second-order valence-electron chi connectivity index (χ2n) is 4.74. The van der Waals surface area contributed by atoms with E-state index in [1.165, 1.54) is 22.9 Å². The molecule has 1 heteroatoms. The van der Waals surface area contributed by atoms with Crippen molar-refractivity contribution >= 4 is 11.8 Å². The molecule has 0 fully saturated rings. The van der Waals surface area contributed by atoms with Crippen LogP contribution in [-0.4, -0.2) is 6.21 Å². The molecule has 0 unspecified atom stereocenters. The number of nitrogens with one attached hydrogen (secondary N) is 1. The summed E-state index contributed by atoms with van der Waals surface area (Å²) < 4.78 is 0. The van der Waals surface area contributed by atoms with Crippen molar-refractivity contribution in [3.8, 4) is 11.1 Å². The molecule has 100 valence electrons. The van der Waals surface area contributed by atoms with Gasteiger partial charge in [-0.2, -0.15) is 0 Å². The van der Waals surface area contributed by atoms with Crippen LogP contribution in [0.4, 0.5) is 0 Å². The predicted octanol–water partition coefficient (Wildman–Crippen LogP) is 5.27. The molecule has 0 aliphatic carbocycles. The van der Waals surface area contributed by atoms with Gasteiger partial charge in [-0.05, 0) is 42.2 Å². The Balaban J connectivity index is 2.44. The molecular weight excluding hydrogens is 242 g/mol. The number of hydrogen-bond donors (Lipinski definition) is 1. The van der Waals surface area contributed by atoms with Crippen LogP contribution in [0.2, 0.25) is 0 Å². The zero-order valence-electron chi connectivity index (χ0n) is 11.9. The fraction of sp³-hybridized carbons (Fsp3) is 0.105. The number of rotatable bonds is 4. The van der Waals surface area contributed by atoms with E-state index < -0.39 is 0 Å². The fourth-order valence-corrected chi connectivity index (χ4v) is 2.13. The number of benzene rings is 2. The summed E-state index contributed by atoms with van der Waals surface area (Å²) in [6.07, 6.45) is 7.28. The van der Waals surface area contributed by atoms with Crippen molar-refractivity contribution in [3.63, 3.8) is 0 Å². The van der Waals surface area contributed by atoms with Gasteiger partial charge in [-0.3, -0.25) is 0 Å². The summed E-state index contributed by atoms with van der Waals surface area (Å²) in [4.78, 5) is 0. The van der Waals surface area contributed by atoms with Crippen LogP contribution in [0.1, 0.15) is 18.1 Å². The van der Waals surface area contributed by atoms with Crippen LogP contribution in [0.25, 0.3) is 16.7 Å². The maximum Gasteiger partial charge on any atom is 0.0256 e. The predicted molar refractivity (Wildman–Crippen MR) is 88.2 cm³/mol. The van der Waals surface area contributed by atoms with E-state index in [4.69, 9.17) is 5.41 Å². The Bertz CT molecular complexity index is 663. The maximum absolute atomic E-state index is 7.56. The average Bonchev–Trinajstić information content (AvgIpc) is 2.48. The van der Waals surface area contributed by atoms with Crippen LogP contribution in [0, 0.1) is 12.3 Å². The molecule has 2 aromatic rings.